The number of hydrogen-bond donors (Lipinski definition) is 1. The molecule has 1 aliphatic heterocycles. The molecule has 1 aliphatic rings. The van der Waals surface area contributed by atoms with Gasteiger partial charge in [0.05, 0.1) is 0 Å². The van der Waals surface area contributed by atoms with Crippen LogP contribution in [0.1, 0.15) is 24.6 Å². The molecule has 0 aromatic carbocycles. The molecule has 8 heteroatoms. The number of hydrogen-bond acceptors (Lipinski definition) is 5. The van der Waals surface area contributed by atoms with Gasteiger partial charge in [0.25, 0.3) is 0 Å². The molecule has 124 valence electrons. The Morgan fingerprint density at radius 3 is 2.61 bits per heavy atom. The van der Waals surface area contributed by atoms with Crippen molar-refractivity contribution in [3.63, 3.8) is 0 Å². The largest absolute Gasteiger partial charge is 0.354 e. The molecular weight excluding hydrogens is 318 g/mol. The van der Waals surface area contributed by atoms with E-state index in [1.165, 1.54) is 0 Å². The van der Waals surface area contributed by atoms with Gasteiger partial charge in [-0.05, 0) is 24.3 Å². The molecule has 0 unspecified atom stereocenters. The summed E-state index contributed by atoms with van der Waals surface area (Å²) in [6.07, 6.45) is 2.12. The number of carbonyl (C=O) groups excluding carboxylic acids is 4. The second-order valence-corrected chi connectivity index (χ2v) is 6.20. The number of carbonyl (C=O) groups is 4. The fourth-order valence-electron chi connectivity index (χ4n) is 2.18. The Balaban J connectivity index is 1.83. The second-order valence-electron chi connectivity index (χ2n) is 5.16. The van der Waals surface area contributed by atoms with Crippen LogP contribution in [0.3, 0.4) is 0 Å². The first-order valence-electron chi connectivity index (χ1n) is 7.51. The average molecular weight is 337 g/mol. The molecule has 0 radical (unpaired) electrons. The van der Waals surface area contributed by atoms with Gasteiger partial charge in [-0.15, -0.1) is 11.3 Å². The summed E-state index contributed by atoms with van der Waals surface area (Å²) in [5.41, 5.74) is 0. The van der Waals surface area contributed by atoms with E-state index in [0.29, 0.717) is 24.3 Å². The van der Waals surface area contributed by atoms with Gasteiger partial charge in [-0.2, -0.15) is 0 Å². The van der Waals surface area contributed by atoms with E-state index in [1.54, 1.807) is 11.3 Å². The summed E-state index contributed by atoms with van der Waals surface area (Å²) in [6.45, 7) is 2.13. The number of urea groups is 1. The lowest BCUT2D eigenvalue weighted by molar-refractivity contribution is -0.144. The minimum atomic E-state index is -0.931. The molecule has 23 heavy (non-hydrogen) atoms. The lowest BCUT2D eigenvalue weighted by Gasteiger charge is -2.14. The summed E-state index contributed by atoms with van der Waals surface area (Å²) in [7, 11) is 0. The molecule has 2 rings (SSSR count). The van der Waals surface area contributed by atoms with Crippen molar-refractivity contribution in [1.29, 1.82) is 0 Å². The highest BCUT2D eigenvalue weighted by atomic mass is 32.1. The van der Waals surface area contributed by atoms with Crippen molar-refractivity contribution in [2.45, 2.75) is 26.2 Å². The van der Waals surface area contributed by atoms with Crippen LogP contribution in [0, 0.1) is 0 Å². The second kappa shape index (κ2) is 7.87. The maximum atomic E-state index is 12.1. The molecule has 0 atom stereocenters. The van der Waals surface area contributed by atoms with E-state index < -0.39 is 30.3 Å². The molecule has 2 heterocycles. The molecule has 0 spiro atoms. The number of imide groups is 2. The Labute approximate surface area is 138 Å². The van der Waals surface area contributed by atoms with Gasteiger partial charge in [-0.1, -0.05) is 19.4 Å². The maximum Gasteiger partial charge on any atom is 0.334 e. The Hall–Kier alpha value is -2.22. The molecule has 1 aromatic heterocycles. The molecule has 1 N–H and O–H groups in total. The lowest BCUT2D eigenvalue weighted by Crippen LogP contribution is -2.42. The van der Waals surface area contributed by atoms with Gasteiger partial charge in [-0.3, -0.25) is 19.3 Å². The number of unbranched alkanes of at least 4 members (excludes halogenated alkanes) is 1. The van der Waals surface area contributed by atoms with E-state index in [9.17, 15) is 19.2 Å². The van der Waals surface area contributed by atoms with Crippen LogP contribution in [0.5, 0.6) is 0 Å². The zero-order valence-corrected chi connectivity index (χ0v) is 13.7. The highest BCUT2D eigenvalue weighted by Gasteiger charge is 2.44. The molecule has 0 saturated carbocycles. The molecule has 0 bridgehead atoms. The zero-order valence-electron chi connectivity index (χ0n) is 12.9. The number of rotatable bonds is 8. The summed E-state index contributed by atoms with van der Waals surface area (Å²) in [5.74, 6) is -2.23. The minimum Gasteiger partial charge on any atom is -0.354 e. The fourth-order valence-corrected chi connectivity index (χ4v) is 2.89. The van der Waals surface area contributed by atoms with Crippen LogP contribution in [0.2, 0.25) is 0 Å². The van der Waals surface area contributed by atoms with E-state index in [4.69, 9.17) is 0 Å². The molecule has 0 aliphatic carbocycles. The summed E-state index contributed by atoms with van der Waals surface area (Å²) >= 11 is 1.60. The van der Waals surface area contributed by atoms with Crippen LogP contribution < -0.4 is 5.32 Å². The fraction of sp³-hybridized carbons (Fsp3) is 0.467. The van der Waals surface area contributed by atoms with Crippen molar-refractivity contribution in [2.24, 2.45) is 0 Å². The van der Waals surface area contributed by atoms with Gasteiger partial charge >= 0.3 is 17.8 Å². The van der Waals surface area contributed by atoms with E-state index in [-0.39, 0.29) is 6.54 Å². The third-order valence-electron chi connectivity index (χ3n) is 3.45. The Kier molecular flexibility index (Phi) is 5.86. The summed E-state index contributed by atoms with van der Waals surface area (Å²) in [5, 5.41) is 4.61. The van der Waals surface area contributed by atoms with Gasteiger partial charge in [-0.25, -0.2) is 9.69 Å². The number of thiophene rings is 1. The van der Waals surface area contributed by atoms with Gasteiger partial charge < -0.3 is 5.32 Å². The van der Waals surface area contributed by atoms with E-state index in [2.05, 4.69) is 5.32 Å². The monoisotopic (exact) mass is 337 g/mol. The van der Waals surface area contributed by atoms with Gasteiger partial charge in [0.1, 0.15) is 6.54 Å². The molecule has 1 aromatic rings. The average Bonchev–Trinajstić information content (AvgIpc) is 3.10. The molecule has 1 saturated heterocycles. The Morgan fingerprint density at radius 2 is 1.96 bits per heavy atom. The minimum absolute atomic E-state index is 0.205. The SMILES string of the molecule is CCCCN1C(=O)C(=O)N(CC(=O)NCCc2cccs2)C1=O. The summed E-state index contributed by atoms with van der Waals surface area (Å²) in [4.78, 5) is 50.3. The first-order valence-corrected chi connectivity index (χ1v) is 8.39. The van der Waals surface area contributed by atoms with E-state index in [0.717, 1.165) is 16.2 Å². The predicted molar refractivity (Wildman–Crippen MR) is 84.8 cm³/mol. The van der Waals surface area contributed by atoms with Crippen molar-refractivity contribution in [3.05, 3.63) is 22.4 Å². The third kappa shape index (κ3) is 4.16. The van der Waals surface area contributed by atoms with Crippen molar-refractivity contribution in [3.8, 4) is 0 Å². The van der Waals surface area contributed by atoms with Crippen molar-refractivity contribution >= 4 is 35.1 Å². The van der Waals surface area contributed by atoms with Crippen molar-refractivity contribution < 1.29 is 19.2 Å². The Morgan fingerprint density at radius 1 is 1.22 bits per heavy atom. The van der Waals surface area contributed by atoms with Crippen LogP contribution in [0.25, 0.3) is 0 Å². The quantitative estimate of drug-likeness (QED) is 0.566. The van der Waals surface area contributed by atoms with E-state index >= 15 is 0 Å². The van der Waals surface area contributed by atoms with Crippen molar-refractivity contribution in [1.82, 2.24) is 15.1 Å². The first kappa shape index (κ1) is 17.1. The van der Waals surface area contributed by atoms with Crippen LogP contribution in [0.4, 0.5) is 4.79 Å². The molecule has 5 amide bonds. The lowest BCUT2D eigenvalue weighted by atomic mass is 10.3. The highest BCUT2D eigenvalue weighted by Crippen LogP contribution is 2.13. The molecular formula is C15H19N3O4S. The third-order valence-corrected chi connectivity index (χ3v) is 4.38. The maximum absolute atomic E-state index is 12.1. The first-order chi connectivity index (χ1) is 11.0. The van der Waals surface area contributed by atoms with Crippen LogP contribution in [-0.2, 0) is 20.8 Å². The number of amides is 5. The molecule has 1 fully saturated rings. The standard InChI is InChI=1S/C15H19N3O4S/c1-2-3-8-17-13(20)14(21)18(15(17)22)10-12(19)16-7-6-11-5-4-9-23-11/h4-5,9H,2-3,6-8,10H2,1H3,(H,16,19). The van der Waals surface area contributed by atoms with Crippen LogP contribution >= 0.6 is 11.3 Å². The van der Waals surface area contributed by atoms with Crippen LogP contribution in [0.15, 0.2) is 17.5 Å². The highest BCUT2D eigenvalue weighted by molar-refractivity contribution is 7.09. The van der Waals surface area contributed by atoms with E-state index in [1.807, 2.05) is 24.4 Å². The summed E-state index contributed by atoms with van der Waals surface area (Å²) in [6, 6.07) is 3.19. The van der Waals surface area contributed by atoms with Gasteiger partial charge in [0.2, 0.25) is 5.91 Å². The number of nitrogens with one attached hydrogen (secondary N) is 1. The van der Waals surface area contributed by atoms with Crippen LogP contribution in [-0.4, -0.2) is 53.2 Å². The number of nitrogens with zero attached hydrogens (tertiary/aromatic N) is 2. The van der Waals surface area contributed by atoms with Gasteiger partial charge in [0.15, 0.2) is 0 Å². The van der Waals surface area contributed by atoms with Crippen molar-refractivity contribution in [2.75, 3.05) is 19.6 Å². The predicted octanol–water partition coefficient (Wildman–Crippen LogP) is 0.998. The topological polar surface area (TPSA) is 86.8 Å². The van der Waals surface area contributed by atoms with Gasteiger partial charge in [0, 0.05) is 18.0 Å². The zero-order chi connectivity index (χ0) is 16.8. The molecule has 7 nitrogen and oxygen atoms in total. The summed E-state index contributed by atoms with van der Waals surface area (Å²) < 4.78 is 0. The Bertz CT molecular complexity index is 600. The normalized spacial score (nSPS) is 14.7. The smallest absolute Gasteiger partial charge is 0.334 e.